The Morgan fingerprint density at radius 1 is 1.29 bits per heavy atom. The third kappa shape index (κ3) is 3.84. The first-order valence-electron chi connectivity index (χ1n) is 5.67. The number of benzene rings is 1. The van der Waals surface area contributed by atoms with Crippen molar-refractivity contribution >= 4 is 5.97 Å². The first-order valence-corrected chi connectivity index (χ1v) is 5.67. The summed E-state index contributed by atoms with van der Waals surface area (Å²) in [5.41, 5.74) is 0.885. The fraction of sp³-hybridized carbons (Fsp3) is 0.500. The fourth-order valence-corrected chi connectivity index (χ4v) is 1.87. The van der Waals surface area contributed by atoms with Crippen LogP contribution in [0.1, 0.15) is 38.7 Å². The van der Waals surface area contributed by atoms with E-state index in [2.05, 4.69) is 20.8 Å². The molecular formula is C14H19FO2. The van der Waals surface area contributed by atoms with Gasteiger partial charge in [0.15, 0.2) is 0 Å². The highest BCUT2D eigenvalue weighted by Gasteiger charge is 2.28. The number of carbonyl (C=O) groups is 1. The first-order chi connectivity index (χ1) is 7.84. The first kappa shape index (κ1) is 13.7. The van der Waals surface area contributed by atoms with E-state index in [-0.39, 0.29) is 23.1 Å². The molecule has 0 spiro atoms. The van der Waals surface area contributed by atoms with Crippen LogP contribution >= 0.6 is 0 Å². The van der Waals surface area contributed by atoms with Crippen molar-refractivity contribution in [2.45, 2.75) is 33.1 Å². The van der Waals surface area contributed by atoms with Crippen LogP contribution in [0, 0.1) is 11.2 Å². The molecule has 0 aromatic heterocycles. The second-order valence-electron chi connectivity index (χ2n) is 5.25. The lowest BCUT2D eigenvalue weighted by atomic mass is 9.74. The number of ether oxygens (including phenoxy) is 1. The average molecular weight is 238 g/mol. The van der Waals surface area contributed by atoms with Crippen LogP contribution in [0.4, 0.5) is 4.39 Å². The molecule has 17 heavy (non-hydrogen) atoms. The van der Waals surface area contributed by atoms with Gasteiger partial charge in [-0.05, 0) is 29.0 Å². The summed E-state index contributed by atoms with van der Waals surface area (Å²) in [4.78, 5) is 11.4. The number of esters is 1. The third-order valence-electron chi connectivity index (χ3n) is 2.92. The van der Waals surface area contributed by atoms with Crippen LogP contribution in [-0.2, 0) is 9.53 Å². The van der Waals surface area contributed by atoms with Crippen molar-refractivity contribution < 1.29 is 13.9 Å². The van der Waals surface area contributed by atoms with E-state index >= 15 is 0 Å². The molecule has 1 unspecified atom stereocenters. The molecule has 0 radical (unpaired) electrons. The highest BCUT2D eigenvalue weighted by atomic mass is 19.1. The zero-order valence-corrected chi connectivity index (χ0v) is 10.8. The van der Waals surface area contributed by atoms with Crippen LogP contribution in [0.15, 0.2) is 24.3 Å². The smallest absolute Gasteiger partial charge is 0.306 e. The molecule has 0 aliphatic heterocycles. The standard InChI is InChI=1S/C14H19FO2/c1-14(2,3)12(9-13(16)17-4)10-5-7-11(15)8-6-10/h5-8,12H,9H2,1-4H3. The van der Waals surface area contributed by atoms with Crippen molar-refractivity contribution in [1.82, 2.24) is 0 Å². The van der Waals surface area contributed by atoms with E-state index in [1.54, 1.807) is 12.1 Å². The molecule has 0 amide bonds. The van der Waals surface area contributed by atoms with Crippen molar-refractivity contribution in [1.29, 1.82) is 0 Å². The van der Waals surface area contributed by atoms with Crippen LogP contribution in [0.5, 0.6) is 0 Å². The Balaban J connectivity index is 2.98. The maximum atomic E-state index is 12.9. The topological polar surface area (TPSA) is 26.3 Å². The Morgan fingerprint density at radius 3 is 2.24 bits per heavy atom. The van der Waals surface area contributed by atoms with Gasteiger partial charge in [0.05, 0.1) is 13.5 Å². The van der Waals surface area contributed by atoms with E-state index in [9.17, 15) is 9.18 Å². The van der Waals surface area contributed by atoms with Crippen LogP contribution < -0.4 is 0 Å². The molecule has 3 heteroatoms. The van der Waals surface area contributed by atoms with Gasteiger partial charge in [-0.15, -0.1) is 0 Å². The van der Waals surface area contributed by atoms with Gasteiger partial charge in [-0.2, -0.15) is 0 Å². The second kappa shape index (κ2) is 5.30. The predicted octanol–water partition coefficient (Wildman–Crippen LogP) is 3.52. The van der Waals surface area contributed by atoms with Crippen LogP contribution in [0.25, 0.3) is 0 Å². The second-order valence-corrected chi connectivity index (χ2v) is 5.25. The average Bonchev–Trinajstić information content (AvgIpc) is 2.25. The Morgan fingerprint density at radius 2 is 1.82 bits per heavy atom. The van der Waals surface area contributed by atoms with Gasteiger partial charge >= 0.3 is 5.97 Å². The van der Waals surface area contributed by atoms with E-state index in [4.69, 9.17) is 4.74 Å². The van der Waals surface area contributed by atoms with Crippen molar-refractivity contribution in [2.75, 3.05) is 7.11 Å². The molecule has 94 valence electrons. The minimum Gasteiger partial charge on any atom is -0.469 e. The van der Waals surface area contributed by atoms with Gasteiger partial charge in [0.25, 0.3) is 0 Å². The summed E-state index contributed by atoms with van der Waals surface area (Å²) in [5.74, 6) is -0.482. The Hall–Kier alpha value is -1.38. The molecule has 0 saturated carbocycles. The van der Waals surface area contributed by atoms with Gasteiger partial charge in [0.1, 0.15) is 5.82 Å². The van der Waals surface area contributed by atoms with E-state index in [1.807, 2.05) is 0 Å². The van der Waals surface area contributed by atoms with Gasteiger partial charge in [-0.3, -0.25) is 4.79 Å². The quantitative estimate of drug-likeness (QED) is 0.753. The maximum Gasteiger partial charge on any atom is 0.306 e. The number of hydrogen-bond acceptors (Lipinski definition) is 2. The minimum absolute atomic E-state index is 0.0237. The van der Waals surface area contributed by atoms with Crippen molar-refractivity contribution in [3.05, 3.63) is 35.6 Å². The van der Waals surface area contributed by atoms with Gasteiger partial charge in [-0.1, -0.05) is 32.9 Å². The van der Waals surface area contributed by atoms with E-state index in [0.717, 1.165) is 5.56 Å². The molecule has 1 aromatic rings. The van der Waals surface area contributed by atoms with Crippen molar-refractivity contribution in [2.24, 2.45) is 5.41 Å². The molecule has 0 saturated heterocycles. The van der Waals surface area contributed by atoms with E-state index in [1.165, 1.54) is 19.2 Å². The predicted molar refractivity (Wildman–Crippen MR) is 65.2 cm³/mol. The Bertz CT molecular complexity index is 376. The Labute approximate surface area is 102 Å². The lowest BCUT2D eigenvalue weighted by Crippen LogP contribution is -2.22. The molecule has 2 nitrogen and oxygen atoms in total. The molecule has 0 N–H and O–H groups in total. The molecule has 0 fully saturated rings. The molecule has 0 aliphatic rings. The van der Waals surface area contributed by atoms with Gasteiger partial charge in [-0.25, -0.2) is 4.39 Å². The number of halogens is 1. The molecule has 0 bridgehead atoms. The largest absolute Gasteiger partial charge is 0.469 e. The molecule has 1 aromatic carbocycles. The lowest BCUT2D eigenvalue weighted by Gasteiger charge is -2.30. The summed E-state index contributed by atoms with van der Waals surface area (Å²) in [6.45, 7) is 6.18. The zero-order valence-electron chi connectivity index (χ0n) is 10.8. The van der Waals surface area contributed by atoms with Gasteiger partial charge in [0.2, 0.25) is 0 Å². The summed E-state index contributed by atoms with van der Waals surface area (Å²) in [5, 5.41) is 0. The van der Waals surface area contributed by atoms with Crippen LogP contribution in [-0.4, -0.2) is 13.1 Å². The third-order valence-corrected chi connectivity index (χ3v) is 2.92. The van der Waals surface area contributed by atoms with Crippen molar-refractivity contribution in [3.63, 3.8) is 0 Å². The van der Waals surface area contributed by atoms with Crippen LogP contribution in [0.2, 0.25) is 0 Å². The summed E-state index contributed by atoms with van der Waals surface area (Å²) in [6, 6.07) is 6.30. The van der Waals surface area contributed by atoms with Gasteiger partial charge in [0, 0.05) is 0 Å². The molecule has 1 atom stereocenters. The summed E-state index contributed by atoms with van der Waals surface area (Å²) < 4.78 is 17.6. The van der Waals surface area contributed by atoms with Crippen molar-refractivity contribution in [3.8, 4) is 0 Å². The number of carbonyl (C=O) groups excluding carboxylic acids is 1. The summed E-state index contributed by atoms with van der Waals surface area (Å²) in [6.07, 6.45) is 0.311. The maximum absolute atomic E-state index is 12.9. The van der Waals surface area contributed by atoms with E-state index < -0.39 is 0 Å². The molecular weight excluding hydrogens is 219 g/mol. The lowest BCUT2D eigenvalue weighted by molar-refractivity contribution is -0.141. The minimum atomic E-state index is -0.264. The van der Waals surface area contributed by atoms with E-state index in [0.29, 0.717) is 6.42 Å². The Kier molecular flexibility index (Phi) is 4.27. The van der Waals surface area contributed by atoms with Gasteiger partial charge < -0.3 is 4.74 Å². The monoisotopic (exact) mass is 238 g/mol. The number of hydrogen-bond donors (Lipinski definition) is 0. The molecule has 0 aliphatic carbocycles. The summed E-state index contributed by atoms with van der Waals surface area (Å²) in [7, 11) is 1.38. The number of methoxy groups -OCH3 is 1. The van der Waals surface area contributed by atoms with Crippen LogP contribution in [0.3, 0.4) is 0 Å². The normalized spacial score (nSPS) is 13.2. The fourth-order valence-electron chi connectivity index (χ4n) is 1.87. The zero-order chi connectivity index (χ0) is 13.1. The molecule has 1 rings (SSSR count). The number of rotatable bonds is 3. The SMILES string of the molecule is COC(=O)CC(c1ccc(F)cc1)C(C)(C)C. The highest BCUT2D eigenvalue weighted by Crippen LogP contribution is 2.37. The highest BCUT2D eigenvalue weighted by molar-refractivity contribution is 5.70. The summed E-state index contributed by atoms with van der Waals surface area (Å²) >= 11 is 0. The molecule has 0 heterocycles.